The second kappa shape index (κ2) is 6.12. The van der Waals surface area contributed by atoms with Crippen molar-refractivity contribution in [1.82, 2.24) is 14.8 Å². The van der Waals surface area contributed by atoms with E-state index < -0.39 is 0 Å². The van der Waals surface area contributed by atoms with E-state index in [1.54, 1.807) is 11.3 Å². The molecular weight excluding hydrogens is 234 g/mol. The molecule has 0 saturated carbocycles. The van der Waals surface area contributed by atoms with Crippen LogP contribution in [0.15, 0.2) is 11.6 Å². The number of amides is 1. The molecular formula is C12H19N3OS. The van der Waals surface area contributed by atoms with Gasteiger partial charge in [-0.3, -0.25) is 9.69 Å². The highest BCUT2D eigenvalue weighted by Crippen LogP contribution is 2.11. The number of thiazole rings is 1. The van der Waals surface area contributed by atoms with Crippen LogP contribution in [0.25, 0.3) is 0 Å². The fourth-order valence-corrected chi connectivity index (χ4v) is 2.73. The van der Waals surface area contributed by atoms with E-state index in [1.807, 2.05) is 16.5 Å². The van der Waals surface area contributed by atoms with Gasteiger partial charge in [-0.2, -0.15) is 0 Å². The minimum absolute atomic E-state index is 0.318. The van der Waals surface area contributed by atoms with Crippen molar-refractivity contribution in [2.45, 2.75) is 25.8 Å². The molecule has 0 atom stereocenters. The molecule has 1 aromatic rings. The third-order valence-electron chi connectivity index (χ3n) is 3.06. The normalized spacial score (nSPS) is 16.8. The van der Waals surface area contributed by atoms with E-state index >= 15 is 0 Å². The molecule has 17 heavy (non-hydrogen) atoms. The Bertz CT molecular complexity index is 353. The first-order valence-corrected chi connectivity index (χ1v) is 6.98. The van der Waals surface area contributed by atoms with Gasteiger partial charge in [-0.05, 0) is 19.9 Å². The van der Waals surface area contributed by atoms with Gasteiger partial charge in [0.15, 0.2) is 0 Å². The van der Waals surface area contributed by atoms with E-state index in [9.17, 15) is 4.79 Å². The number of aromatic nitrogens is 1. The standard InChI is InChI=1S/C12H19N3OS/c1-14(10-11-13-5-9-17-11)7-8-15-6-3-2-4-12(15)16/h5,9H,2-4,6-8,10H2,1H3. The summed E-state index contributed by atoms with van der Waals surface area (Å²) in [5.74, 6) is 0.318. The summed E-state index contributed by atoms with van der Waals surface area (Å²) >= 11 is 1.68. The predicted molar refractivity (Wildman–Crippen MR) is 68.9 cm³/mol. The van der Waals surface area contributed by atoms with Crippen molar-refractivity contribution in [1.29, 1.82) is 0 Å². The van der Waals surface area contributed by atoms with Gasteiger partial charge in [0.1, 0.15) is 5.01 Å². The van der Waals surface area contributed by atoms with Crippen molar-refractivity contribution in [3.05, 3.63) is 16.6 Å². The first kappa shape index (κ1) is 12.5. The van der Waals surface area contributed by atoms with Crippen LogP contribution in [0.5, 0.6) is 0 Å². The number of hydrogen-bond acceptors (Lipinski definition) is 4. The third kappa shape index (κ3) is 3.78. The average molecular weight is 253 g/mol. The highest BCUT2D eigenvalue weighted by Gasteiger charge is 2.17. The molecule has 0 aromatic carbocycles. The molecule has 1 fully saturated rings. The molecule has 0 N–H and O–H groups in total. The van der Waals surface area contributed by atoms with Crippen molar-refractivity contribution >= 4 is 17.2 Å². The summed E-state index contributed by atoms with van der Waals surface area (Å²) in [6.07, 6.45) is 4.78. The van der Waals surface area contributed by atoms with E-state index in [2.05, 4.69) is 16.9 Å². The van der Waals surface area contributed by atoms with Gasteiger partial charge >= 0.3 is 0 Å². The number of hydrogen-bond donors (Lipinski definition) is 0. The molecule has 1 aliphatic rings. The van der Waals surface area contributed by atoms with Crippen LogP contribution < -0.4 is 0 Å². The third-order valence-corrected chi connectivity index (χ3v) is 3.83. The molecule has 0 unspecified atom stereocenters. The van der Waals surface area contributed by atoms with Crippen molar-refractivity contribution < 1.29 is 4.79 Å². The molecule has 1 aliphatic heterocycles. The summed E-state index contributed by atoms with van der Waals surface area (Å²) in [4.78, 5) is 20.1. The number of likely N-dealkylation sites (tertiary alicyclic amines) is 1. The molecule has 4 nitrogen and oxygen atoms in total. The first-order valence-electron chi connectivity index (χ1n) is 6.10. The second-order valence-corrected chi connectivity index (χ2v) is 5.48. The molecule has 0 aliphatic carbocycles. The molecule has 1 aromatic heterocycles. The predicted octanol–water partition coefficient (Wildman–Crippen LogP) is 1.59. The van der Waals surface area contributed by atoms with E-state index in [1.165, 1.54) is 0 Å². The second-order valence-electron chi connectivity index (χ2n) is 4.50. The van der Waals surface area contributed by atoms with Crippen LogP contribution in [0.3, 0.4) is 0 Å². The van der Waals surface area contributed by atoms with E-state index in [0.29, 0.717) is 5.91 Å². The maximum atomic E-state index is 11.6. The highest BCUT2D eigenvalue weighted by molar-refractivity contribution is 7.09. The topological polar surface area (TPSA) is 36.4 Å². The van der Waals surface area contributed by atoms with Gasteiger partial charge < -0.3 is 4.90 Å². The van der Waals surface area contributed by atoms with Crippen LogP contribution in [-0.4, -0.2) is 47.4 Å². The minimum atomic E-state index is 0.318. The van der Waals surface area contributed by atoms with Crippen molar-refractivity contribution in [3.63, 3.8) is 0 Å². The first-order chi connectivity index (χ1) is 8.25. The number of carbonyl (C=O) groups is 1. The Hall–Kier alpha value is -0.940. The monoisotopic (exact) mass is 253 g/mol. The Morgan fingerprint density at radius 1 is 1.53 bits per heavy atom. The van der Waals surface area contributed by atoms with Gasteiger partial charge in [-0.25, -0.2) is 4.98 Å². The molecule has 2 heterocycles. The molecule has 1 saturated heterocycles. The number of rotatable bonds is 5. The quantitative estimate of drug-likeness (QED) is 0.799. The Morgan fingerprint density at radius 3 is 3.12 bits per heavy atom. The minimum Gasteiger partial charge on any atom is -0.341 e. The summed E-state index contributed by atoms with van der Waals surface area (Å²) in [5.41, 5.74) is 0. The highest BCUT2D eigenvalue weighted by atomic mass is 32.1. The van der Waals surface area contributed by atoms with Crippen LogP contribution in [0.4, 0.5) is 0 Å². The van der Waals surface area contributed by atoms with Crippen LogP contribution in [0.1, 0.15) is 24.3 Å². The zero-order valence-corrected chi connectivity index (χ0v) is 11.1. The molecule has 2 rings (SSSR count). The number of likely N-dealkylation sites (N-methyl/N-ethyl adjacent to an activating group) is 1. The fraction of sp³-hybridized carbons (Fsp3) is 0.667. The lowest BCUT2D eigenvalue weighted by molar-refractivity contribution is -0.133. The van der Waals surface area contributed by atoms with Crippen LogP contribution in [0, 0.1) is 0 Å². The molecule has 0 spiro atoms. The summed E-state index contributed by atoms with van der Waals surface area (Å²) in [6, 6.07) is 0. The van der Waals surface area contributed by atoms with Crippen LogP contribution in [0.2, 0.25) is 0 Å². The largest absolute Gasteiger partial charge is 0.341 e. The van der Waals surface area contributed by atoms with Crippen molar-refractivity contribution in [2.24, 2.45) is 0 Å². The molecule has 5 heteroatoms. The molecule has 94 valence electrons. The molecule has 1 amide bonds. The van der Waals surface area contributed by atoms with E-state index in [4.69, 9.17) is 0 Å². The van der Waals surface area contributed by atoms with E-state index in [-0.39, 0.29) is 0 Å². The zero-order chi connectivity index (χ0) is 12.1. The van der Waals surface area contributed by atoms with Crippen LogP contribution >= 0.6 is 11.3 Å². The van der Waals surface area contributed by atoms with Gasteiger partial charge in [0.05, 0.1) is 6.54 Å². The Labute approximate surface area is 106 Å². The van der Waals surface area contributed by atoms with Gasteiger partial charge in [0, 0.05) is 37.6 Å². The lowest BCUT2D eigenvalue weighted by atomic mass is 10.1. The van der Waals surface area contributed by atoms with Gasteiger partial charge in [-0.1, -0.05) is 0 Å². The fourth-order valence-electron chi connectivity index (χ4n) is 2.03. The van der Waals surface area contributed by atoms with Gasteiger partial charge in [-0.15, -0.1) is 11.3 Å². The number of carbonyl (C=O) groups excluding carboxylic acids is 1. The summed E-state index contributed by atoms with van der Waals surface area (Å²) in [6.45, 7) is 3.58. The number of piperidine rings is 1. The van der Waals surface area contributed by atoms with E-state index in [0.717, 1.165) is 50.4 Å². The van der Waals surface area contributed by atoms with Gasteiger partial charge in [0.25, 0.3) is 0 Å². The Balaban J connectivity index is 1.72. The maximum absolute atomic E-state index is 11.6. The number of nitrogens with zero attached hydrogens (tertiary/aromatic N) is 3. The molecule has 0 radical (unpaired) electrons. The van der Waals surface area contributed by atoms with Crippen molar-refractivity contribution in [3.8, 4) is 0 Å². The lowest BCUT2D eigenvalue weighted by Crippen LogP contribution is -2.40. The zero-order valence-electron chi connectivity index (χ0n) is 10.3. The summed E-state index contributed by atoms with van der Waals surface area (Å²) in [5, 5.41) is 3.13. The summed E-state index contributed by atoms with van der Waals surface area (Å²) < 4.78 is 0. The Morgan fingerprint density at radius 2 is 2.41 bits per heavy atom. The smallest absolute Gasteiger partial charge is 0.222 e. The maximum Gasteiger partial charge on any atom is 0.222 e. The lowest BCUT2D eigenvalue weighted by Gasteiger charge is -2.28. The molecule has 0 bridgehead atoms. The SMILES string of the molecule is CN(CCN1CCCCC1=O)Cc1nccs1. The average Bonchev–Trinajstić information content (AvgIpc) is 2.81. The van der Waals surface area contributed by atoms with Crippen LogP contribution in [-0.2, 0) is 11.3 Å². The summed E-state index contributed by atoms with van der Waals surface area (Å²) in [7, 11) is 2.08. The Kier molecular flexibility index (Phi) is 4.50. The van der Waals surface area contributed by atoms with Gasteiger partial charge in [0.2, 0.25) is 5.91 Å². The van der Waals surface area contributed by atoms with Crippen molar-refractivity contribution in [2.75, 3.05) is 26.7 Å².